The molecule has 0 aliphatic rings. The molecule has 0 aromatic heterocycles. The molecule has 0 heterocycles. The molecule has 0 aliphatic carbocycles. The van der Waals surface area contributed by atoms with Crippen molar-refractivity contribution >= 4 is 19.7 Å². The van der Waals surface area contributed by atoms with Gasteiger partial charge in [0.2, 0.25) is 0 Å². The van der Waals surface area contributed by atoms with Gasteiger partial charge in [0.05, 0.1) is 7.11 Å². The van der Waals surface area contributed by atoms with Gasteiger partial charge >= 0.3 is 0 Å². The lowest BCUT2D eigenvalue weighted by Crippen LogP contribution is -2.22. The van der Waals surface area contributed by atoms with E-state index in [2.05, 4.69) is 92.7 Å². The molecular formula is C33H35O2P. The van der Waals surface area contributed by atoms with Crippen molar-refractivity contribution in [2.75, 3.05) is 7.11 Å². The van der Waals surface area contributed by atoms with Crippen LogP contribution in [0.3, 0.4) is 0 Å². The minimum Gasteiger partial charge on any atom is -0.496 e. The van der Waals surface area contributed by atoms with Gasteiger partial charge in [0.25, 0.3) is 0 Å². The van der Waals surface area contributed by atoms with Crippen molar-refractivity contribution in [2.45, 2.75) is 45.2 Å². The van der Waals surface area contributed by atoms with E-state index in [0.29, 0.717) is 8.58 Å². The maximum atomic E-state index is 12.4. The van der Waals surface area contributed by atoms with E-state index >= 15 is 0 Å². The van der Waals surface area contributed by atoms with Gasteiger partial charge in [-0.05, 0) is 47.3 Å². The molecule has 3 heteroatoms. The van der Waals surface area contributed by atoms with E-state index in [0.717, 1.165) is 35.9 Å². The van der Waals surface area contributed by atoms with E-state index in [4.69, 9.17) is 4.74 Å². The third kappa shape index (κ3) is 5.94. The fourth-order valence-corrected chi connectivity index (χ4v) is 6.49. The van der Waals surface area contributed by atoms with Gasteiger partial charge in [0.15, 0.2) is 5.78 Å². The fraction of sp³-hybridized carbons (Fsp3) is 0.242. The summed E-state index contributed by atoms with van der Waals surface area (Å²) in [4.78, 5) is 12.4. The van der Waals surface area contributed by atoms with Crippen LogP contribution in [-0.2, 0) is 18.0 Å². The van der Waals surface area contributed by atoms with Crippen molar-refractivity contribution in [2.24, 2.45) is 0 Å². The van der Waals surface area contributed by atoms with Crippen LogP contribution in [0.1, 0.15) is 65.4 Å². The topological polar surface area (TPSA) is 26.3 Å². The minimum absolute atomic E-state index is 0.117. The molecule has 0 amide bonds. The highest BCUT2D eigenvalue weighted by Crippen LogP contribution is 2.49. The van der Waals surface area contributed by atoms with E-state index < -0.39 is 0 Å². The molecule has 4 rings (SSSR count). The third-order valence-electron chi connectivity index (χ3n) is 6.94. The van der Waals surface area contributed by atoms with Crippen molar-refractivity contribution in [3.8, 4) is 5.75 Å². The van der Waals surface area contributed by atoms with E-state index in [-0.39, 0.29) is 10.9 Å². The Morgan fingerprint density at radius 3 is 1.97 bits per heavy atom. The fourth-order valence-electron chi connectivity index (χ4n) is 4.83. The Morgan fingerprint density at radius 2 is 1.39 bits per heavy atom. The minimum atomic E-state index is -0.172. The van der Waals surface area contributed by atoms with E-state index in [9.17, 15) is 4.79 Å². The Kier molecular flexibility index (Phi) is 8.39. The highest BCUT2D eigenvalue weighted by Gasteiger charge is 2.31. The second kappa shape index (κ2) is 11.7. The maximum Gasteiger partial charge on any atom is 0.160 e. The number of methoxy groups -OCH3 is 1. The normalized spacial score (nSPS) is 13.0. The maximum absolute atomic E-state index is 12.4. The van der Waals surface area contributed by atoms with Crippen LogP contribution in [0.2, 0.25) is 0 Å². The Bertz CT molecular complexity index is 1310. The standard InChI is InChI=1S/C33H35O2P/c1-5-33(3,36-31-19-13-12-18-29(31)24(2)34)30-23-27(20-25-14-8-6-9-15-25)22-28(32(30)35-4)21-26-16-10-7-11-17-26/h6-19,22-23,36H,5,20-21H2,1-4H3. The molecule has 2 unspecified atom stereocenters. The molecule has 36 heavy (non-hydrogen) atoms. The largest absolute Gasteiger partial charge is 0.496 e. The first-order valence-electron chi connectivity index (χ1n) is 12.6. The Labute approximate surface area is 217 Å². The third-order valence-corrected chi connectivity index (χ3v) is 8.82. The number of hydrogen-bond acceptors (Lipinski definition) is 2. The van der Waals surface area contributed by atoms with Gasteiger partial charge < -0.3 is 4.74 Å². The molecule has 0 bridgehead atoms. The predicted octanol–water partition coefficient (Wildman–Crippen LogP) is 7.71. The SMILES string of the molecule is CCC(C)(Pc1ccccc1C(C)=O)c1cc(Cc2ccccc2)cc(Cc2ccccc2)c1OC. The summed E-state index contributed by atoms with van der Waals surface area (Å²) in [5.74, 6) is 1.08. The number of ether oxygens (including phenoxy) is 1. The molecule has 184 valence electrons. The number of carbonyl (C=O) groups is 1. The predicted molar refractivity (Wildman–Crippen MR) is 154 cm³/mol. The molecule has 0 saturated carbocycles. The van der Waals surface area contributed by atoms with Crippen molar-refractivity contribution in [1.82, 2.24) is 0 Å². The highest BCUT2D eigenvalue weighted by atomic mass is 31.1. The van der Waals surface area contributed by atoms with Crippen molar-refractivity contribution in [3.05, 3.63) is 130 Å². The quantitative estimate of drug-likeness (QED) is 0.167. The van der Waals surface area contributed by atoms with Gasteiger partial charge in [0, 0.05) is 22.7 Å². The number of benzene rings is 4. The van der Waals surface area contributed by atoms with E-state index in [1.807, 2.05) is 18.2 Å². The van der Waals surface area contributed by atoms with Crippen molar-refractivity contribution in [1.29, 1.82) is 0 Å². The summed E-state index contributed by atoms with van der Waals surface area (Å²) in [6.07, 6.45) is 2.62. The molecule has 4 aromatic carbocycles. The summed E-state index contributed by atoms with van der Waals surface area (Å²) in [6.45, 7) is 6.22. The Hall–Kier alpha value is -3.22. The second-order valence-electron chi connectivity index (χ2n) is 9.57. The lowest BCUT2D eigenvalue weighted by molar-refractivity contribution is 0.101. The van der Waals surface area contributed by atoms with Gasteiger partial charge in [-0.15, -0.1) is 0 Å². The first kappa shape index (κ1) is 25.9. The lowest BCUT2D eigenvalue weighted by atomic mass is 9.88. The summed E-state index contributed by atoms with van der Waals surface area (Å²) in [6, 6.07) is 33.9. The molecule has 0 N–H and O–H groups in total. The average Bonchev–Trinajstić information content (AvgIpc) is 2.90. The zero-order chi connectivity index (χ0) is 25.5. The second-order valence-corrected chi connectivity index (χ2v) is 11.5. The number of ketones is 1. The molecule has 2 atom stereocenters. The van der Waals surface area contributed by atoms with Crippen LogP contribution in [-0.4, -0.2) is 12.9 Å². The summed E-state index contributed by atoms with van der Waals surface area (Å²) >= 11 is 0. The molecular weight excluding hydrogens is 459 g/mol. The summed E-state index contributed by atoms with van der Waals surface area (Å²) < 4.78 is 6.15. The van der Waals surface area contributed by atoms with Crippen molar-refractivity contribution in [3.63, 3.8) is 0 Å². The summed E-state index contributed by atoms with van der Waals surface area (Å²) in [7, 11) is 2.23. The molecule has 4 aromatic rings. The molecule has 0 aliphatic heterocycles. The summed E-state index contributed by atoms with van der Waals surface area (Å²) in [5.41, 5.74) is 7.09. The van der Waals surface area contributed by atoms with Crippen LogP contribution in [0.15, 0.2) is 97.1 Å². The number of carbonyl (C=O) groups excluding carboxylic acids is 1. The molecule has 2 nitrogen and oxygen atoms in total. The van der Waals surface area contributed by atoms with Crippen LogP contribution in [0.4, 0.5) is 0 Å². The molecule has 0 fully saturated rings. The molecule has 0 spiro atoms. The first-order valence-corrected chi connectivity index (χ1v) is 13.6. The van der Waals surface area contributed by atoms with Crippen LogP contribution < -0.4 is 10.0 Å². The number of Topliss-reactive ketones (excluding diaryl/α,β-unsaturated/α-hetero) is 1. The van der Waals surface area contributed by atoms with Crippen molar-refractivity contribution < 1.29 is 9.53 Å². The monoisotopic (exact) mass is 494 g/mol. The van der Waals surface area contributed by atoms with E-state index in [1.165, 1.54) is 27.8 Å². The molecule has 0 saturated heterocycles. The first-order chi connectivity index (χ1) is 17.4. The van der Waals surface area contributed by atoms with Gasteiger partial charge in [-0.1, -0.05) is 119 Å². The lowest BCUT2D eigenvalue weighted by Gasteiger charge is -2.33. The Balaban J connectivity index is 1.85. The smallest absolute Gasteiger partial charge is 0.160 e. The van der Waals surface area contributed by atoms with Crippen LogP contribution in [0, 0.1) is 0 Å². The van der Waals surface area contributed by atoms with Gasteiger partial charge in [-0.3, -0.25) is 4.79 Å². The van der Waals surface area contributed by atoms with Gasteiger partial charge in [-0.25, -0.2) is 0 Å². The molecule has 0 radical (unpaired) electrons. The number of rotatable bonds is 10. The zero-order valence-electron chi connectivity index (χ0n) is 21.7. The zero-order valence-corrected chi connectivity index (χ0v) is 22.7. The highest BCUT2D eigenvalue weighted by molar-refractivity contribution is 7.48. The average molecular weight is 495 g/mol. The Morgan fingerprint density at radius 1 is 0.806 bits per heavy atom. The summed E-state index contributed by atoms with van der Waals surface area (Å²) in [5, 5.41) is 0.948. The van der Waals surface area contributed by atoms with Crippen LogP contribution >= 0.6 is 8.58 Å². The van der Waals surface area contributed by atoms with Gasteiger partial charge in [0.1, 0.15) is 5.75 Å². The van der Waals surface area contributed by atoms with Gasteiger partial charge in [-0.2, -0.15) is 0 Å². The van der Waals surface area contributed by atoms with E-state index in [1.54, 1.807) is 14.0 Å². The number of hydrogen-bond donors (Lipinski definition) is 0. The van der Waals surface area contributed by atoms with Crippen LogP contribution in [0.25, 0.3) is 0 Å². The van der Waals surface area contributed by atoms with Crippen LogP contribution in [0.5, 0.6) is 5.75 Å².